The summed E-state index contributed by atoms with van der Waals surface area (Å²) < 4.78 is 13.2. The molecule has 0 saturated heterocycles. The minimum Gasteiger partial charge on any atom is -0.370 e. The van der Waals surface area contributed by atoms with Crippen molar-refractivity contribution in [3.05, 3.63) is 29.6 Å². The summed E-state index contributed by atoms with van der Waals surface area (Å²) in [7, 11) is 0. The van der Waals surface area contributed by atoms with E-state index in [1.54, 1.807) is 17.8 Å². The van der Waals surface area contributed by atoms with E-state index in [1.165, 1.54) is 31.4 Å². The molecule has 0 radical (unpaired) electrons. The molecule has 0 heterocycles. The van der Waals surface area contributed by atoms with Gasteiger partial charge in [0, 0.05) is 11.4 Å². The molecule has 112 valence electrons. The molecular formula is C14H21FIN3S. The first-order valence-corrected chi connectivity index (χ1v) is 7.77. The lowest BCUT2D eigenvalue weighted by molar-refractivity contribution is 0.315. The van der Waals surface area contributed by atoms with Crippen LogP contribution in [-0.4, -0.2) is 18.8 Å². The van der Waals surface area contributed by atoms with Crippen LogP contribution in [0.2, 0.25) is 0 Å². The molecule has 0 amide bonds. The Hall–Kier alpha value is -0.500. The first-order valence-electron chi connectivity index (χ1n) is 6.55. The number of guanidine groups is 1. The Morgan fingerprint density at radius 1 is 1.50 bits per heavy atom. The number of benzene rings is 1. The van der Waals surface area contributed by atoms with Gasteiger partial charge >= 0.3 is 0 Å². The average molecular weight is 409 g/mol. The molecule has 1 saturated carbocycles. The van der Waals surface area contributed by atoms with Crippen molar-refractivity contribution in [2.75, 3.05) is 12.8 Å². The number of thioether (sulfide) groups is 1. The molecule has 1 aromatic carbocycles. The highest BCUT2D eigenvalue weighted by molar-refractivity contribution is 14.0. The van der Waals surface area contributed by atoms with Crippen molar-refractivity contribution in [2.45, 2.75) is 30.7 Å². The summed E-state index contributed by atoms with van der Waals surface area (Å²) in [6.45, 7) is 1.31. The number of nitrogens with zero attached hydrogens (tertiary/aromatic N) is 1. The summed E-state index contributed by atoms with van der Waals surface area (Å²) in [6.07, 6.45) is 5.85. The van der Waals surface area contributed by atoms with Gasteiger partial charge in [-0.1, -0.05) is 6.42 Å². The molecule has 0 bridgehead atoms. The summed E-state index contributed by atoms with van der Waals surface area (Å²) in [4.78, 5) is 5.32. The lowest BCUT2D eigenvalue weighted by atomic mass is 9.85. The number of aliphatic imine (C=N–C) groups is 1. The van der Waals surface area contributed by atoms with E-state index >= 15 is 0 Å². The third-order valence-corrected chi connectivity index (χ3v) is 4.30. The van der Waals surface area contributed by atoms with E-state index in [0.717, 1.165) is 22.9 Å². The Bertz CT molecular complexity index is 464. The van der Waals surface area contributed by atoms with Crippen LogP contribution in [0.3, 0.4) is 0 Å². The molecule has 0 spiro atoms. The fraction of sp³-hybridized carbons (Fsp3) is 0.500. The van der Waals surface area contributed by atoms with Crippen LogP contribution in [0.25, 0.3) is 0 Å². The molecule has 0 atom stereocenters. The summed E-state index contributed by atoms with van der Waals surface area (Å²) in [5.74, 6) is 0.955. The largest absolute Gasteiger partial charge is 0.370 e. The quantitative estimate of drug-likeness (QED) is 0.339. The molecular weight excluding hydrogens is 388 g/mol. The predicted molar refractivity (Wildman–Crippen MR) is 94.3 cm³/mol. The van der Waals surface area contributed by atoms with Gasteiger partial charge in [-0.3, -0.25) is 0 Å². The Kier molecular flexibility index (Phi) is 7.65. The molecule has 1 aliphatic carbocycles. The van der Waals surface area contributed by atoms with E-state index in [2.05, 4.69) is 10.3 Å². The average Bonchev–Trinajstić information content (AvgIpc) is 2.34. The van der Waals surface area contributed by atoms with Gasteiger partial charge in [0.25, 0.3) is 0 Å². The third-order valence-electron chi connectivity index (χ3n) is 3.46. The lowest BCUT2D eigenvalue weighted by Crippen LogP contribution is -2.37. The fourth-order valence-electron chi connectivity index (χ4n) is 2.04. The van der Waals surface area contributed by atoms with E-state index in [-0.39, 0.29) is 29.8 Å². The Morgan fingerprint density at radius 2 is 2.25 bits per heavy atom. The van der Waals surface area contributed by atoms with Gasteiger partial charge in [0.15, 0.2) is 5.96 Å². The van der Waals surface area contributed by atoms with Gasteiger partial charge in [0.2, 0.25) is 0 Å². The highest BCUT2D eigenvalue weighted by Gasteiger charge is 2.16. The molecule has 1 aromatic rings. The van der Waals surface area contributed by atoms with E-state index < -0.39 is 0 Å². The first-order chi connectivity index (χ1) is 9.19. The number of hydrogen-bond donors (Lipinski definition) is 2. The van der Waals surface area contributed by atoms with E-state index in [0.29, 0.717) is 12.5 Å². The number of nitrogens with two attached hydrogens (primary N) is 1. The highest BCUT2D eigenvalue weighted by atomic mass is 127. The third kappa shape index (κ3) is 5.12. The van der Waals surface area contributed by atoms with Crippen LogP contribution in [-0.2, 0) is 6.54 Å². The minimum atomic E-state index is -0.232. The molecule has 1 aliphatic rings. The van der Waals surface area contributed by atoms with E-state index in [4.69, 9.17) is 5.73 Å². The Balaban J connectivity index is 0.00000200. The van der Waals surface area contributed by atoms with Crippen molar-refractivity contribution in [2.24, 2.45) is 16.6 Å². The van der Waals surface area contributed by atoms with Gasteiger partial charge < -0.3 is 11.1 Å². The van der Waals surface area contributed by atoms with Crippen molar-refractivity contribution in [3.8, 4) is 0 Å². The molecule has 1 fully saturated rings. The van der Waals surface area contributed by atoms with Crippen LogP contribution in [0.15, 0.2) is 28.1 Å². The minimum absolute atomic E-state index is 0. The zero-order valence-corrected chi connectivity index (χ0v) is 14.7. The molecule has 2 rings (SSSR count). The van der Waals surface area contributed by atoms with Gasteiger partial charge in [-0.15, -0.1) is 35.7 Å². The summed E-state index contributed by atoms with van der Waals surface area (Å²) in [5.41, 5.74) is 6.69. The first kappa shape index (κ1) is 17.6. The van der Waals surface area contributed by atoms with Crippen LogP contribution in [0.4, 0.5) is 4.39 Å². The molecule has 6 heteroatoms. The van der Waals surface area contributed by atoms with Crippen molar-refractivity contribution in [1.29, 1.82) is 0 Å². The summed E-state index contributed by atoms with van der Waals surface area (Å²) >= 11 is 1.59. The second kappa shape index (κ2) is 8.71. The maximum absolute atomic E-state index is 13.2. The Morgan fingerprint density at radius 3 is 2.85 bits per heavy atom. The van der Waals surface area contributed by atoms with Gasteiger partial charge in [-0.25, -0.2) is 9.38 Å². The summed E-state index contributed by atoms with van der Waals surface area (Å²) in [5, 5.41) is 3.13. The molecule has 20 heavy (non-hydrogen) atoms. The number of nitrogens with one attached hydrogen (secondary N) is 1. The molecule has 0 unspecified atom stereocenters. The van der Waals surface area contributed by atoms with Gasteiger partial charge in [-0.2, -0.15) is 0 Å². The van der Waals surface area contributed by atoms with Crippen LogP contribution >= 0.6 is 35.7 Å². The Labute approximate surface area is 141 Å². The van der Waals surface area contributed by atoms with E-state index in [1.807, 2.05) is 6.26 Å². The number of rotatable bonds is 5. The topological polar surface area (TPSA) is 50.4 Å². The smallest absolute Gasteiger partial charge is 0.188 e. The second-order valence-corrected chi connectivity index (χ2v) is 5.68. The number of halogens is 2. The SMILES string of the molecule is CSc1ccc(F)cc1CN=C(N)NCC1CCC1.I. The van der Waals surface area contributed by atoms with Crippen LogP contribution < -0.4 is 11.1 Å². The molecule has 0 aliphatic heterocycles. The van der Waals surface area contributed by atoms with E-state index in [9.17, 15) is 4.39 Å². The van der Waals surface area contributed by atoms with Gasteiger partial charge in [0.05, 0.1) is 6.54 Å². The normalized spacial score (nSPS) is 15.4. The van der Waals surface area contributed by atoms with Crippen LogP contribution in [0.1, 0.15) is 24.8 Å². The second-order valence-electron chi connectivity index (χ2n) is 4.84. The van der Waals surface area contributed by atoms with Gasteiger partial charge in [0.1, 0.15) is 5.82 Å². The van der Waals surface area contributed by atoms with Crippen LogP contribution in [0, 0.1) is 11.7 Å². The van der Waals surface area contributed by atoms with Crippen molar-refractivity contribution in [3.63, 3.8) is 0 Å². The zero-order valence-electron chi connectivity index (χ0n) is 11.6. The maximum atomic E-state index is 13.2. The van der Waals surface area contributed by atoms with Crippen LogP contribution in [0.5, 0.6) is 0 Å². The van der Waals surface area contributed by atoms with Crippen molar-refractivity contribution < 1.29 is 4.39 Å². The standard InChI is InChI=1S/C14H20FN3S.HI/c1-19-13-6-5-12(15)7-11(13)9-18-14(16)17-8-10-3-2-4-10;/h5-7,10H,2-4,8-9H2,1H3,(H3,16,17,18);1H. The monoisotopic (exact) mass is 409 g/mol. The summed E-state index contributed by atoms with van der Waals surface area (Å²) in [6, 6.07) is 4.77. The predicted octanol–water partition coefficient (Wildman–Crippen LogP) is 3.37. The zero-order chi connectivity index (χ0) is 13.7. The number of hydrogen-bond acceptors (Lipinski definition) is 2. The molecule has 3 nitrogen and oxygen atoms in total. The molecule has 0 aromatic heterocycles. The van der Waals surface area contributed by atoms with Crippen molar-refractivity contribution in [1.82, 2.24) is 5.32 Å². The van der Waals surface area contributed by atoms with Gasteiger partial charge in [-0.05, 0) is 48.8 Å². The molecule has 3 N–H and O–H groups in total. The lowest BCUT2D eigenvalue weighted by Gasteiger charge is -2.25. The maximum Gasteiger partial charge on any atom is 0.188 e. The highest BCUT2D eigenvalue weighted by Crippen LogP contribution is 2.25. The fourth-order valence-corrected chi connectivity index (χ4v) is 2.63. The van der Waals surface area contributed by atoms with Crippen molar-refractivity contribution >= 4 is 41.7 Å².